The molecule has 3 aromatic rings. The molecule has 0 aromatic heterocycles. The van der Waals surface area contributed by atoms with E-state index in [1.807, 2.05) is 69.3 Å². The highest BCUT2D eigenvalue weighted by atomic mass is 32.2. The fraction of sp³-hybridized carbons (Fsp3) is 0.240. The quantitative estimate of drug-likeness (QED) is 0.371. The molecule has 0 saturated carbocycles. The fourth-order valence-corrected chi connectivity index (χ4v) is 5.04. The third-order valence-corrected chi connectivity index (χ3v) is 6.25. The van der Waals surface area contributed by atoms with Gasteiger partial charge in [-0.15, -0.1) is 0 Å². The molecule has 0 amide bonds. The summed E-state index contributed by atoms with van der Waals surface area (Å²) in [6.45, 7) is 5.34. The lowest BCUT2D eigenvalue weighted by atomic mass is 10.2. The first-order chi connectivity index (χ1) is 14.4. The van der Waals surface area contributed by atoms with Crippen molar-refractivity contribution in [2.75, 3.05) is 13.7 Å². The van der Waals surface area contributed by atoms with Crippen molar-refractivity contribution in [3.8, 4) is 11.5 Å². The molecule has 0 spiro atoms. The summed E-state index contributed by atoms with van der Waals surface area (Å²) in [5.74, 6) is 0.840. The van der Waals surface area contributed by atoms with Crippen molar-refractivity contribution in [3.63, 3.8) is 0 Å². The SMILES string of the molecule is COc1cc(OCC(=O)OC(C)(C)C)cc([S+](c2ccccc2)c2ccccc2)c1. The molecule has 0 aliphatic heterocycles. The van der Waals surface area contributed by atoms with Crippen LogP contribution in [-0.4, -0.2) is 25.3 Å². The molecule has 3 rings (SSSR count). The number of benzene rings is 3. The zero-order valence-corrected chi connectivity index (χ0v) is 18.6. The van der Waals surface area contributed by atoms with E-state index in [1.54, 1.807) is 13.2 Å². The molecular weight excluding hydrogens is 396 g/mol. The highest BCUT2D eigenvalue weighted by Crippen LogP contribution is 2.35. The standard InChI is InChI=1S/C25H27O4S/c1-25(2,3)29-24(26)18-28-20-15-19(27-4)16-23(17-20)30(21-11-7-5-8-12-21)22-13-9-6-10-14-22/h5-17H,18H2,1-4H3/q+1. The van der Waals surface area contributed by atoms with Crippen LogP contribution in [0.25, 0.3) is 0 Å². The molecule has 0 fully saturated rings. The third-order valence-electron chi connectivity index (χ3n) is 4.06. The van der Waals surface area contributed by atoms with Gasteiger partial charge in [-0.3, -0.25) is 0 Å². The molecule has 0 heterocycles. The maximum atomic E-state index is 12.1. The lowest BCUT2D eigenvalue weighted by molar-refractivity contribution is -0.157. The number of rotatable bonds is 7. The Morgan fingerprint density at radius 2 is 1.33 bits per heavy atom. The highest BCUT2D eigenvalue weighted by Gasteiger charge is 2.30. The van der Waals surface area contributed by atoms with Crippen LogP contribution in [0, 0.1) is 0 Å². The normalized spacial score (nSPS) is 11.2. The first-order valence-electron chi connectivity index (χ1n) is 9.74. The van der Waals surface area contributed by atoms with Crippen molar-refractivity contribution < 1.29 is 19.0 Å². The molecule has 30 heavy (non-hydrogen) atoms. The molecule has 156 valence electrons. The largest absolute Gasteiger partial charge is 0.496 e. The van der Waals surface area contributed by atoms with E-state index in [0.717, 1.165) is 4.90 Å². The summed E-state index contributed by atoms with van der Waals surface area (Å²) >= 11 is 0. The number of carbonyl (C=O) groups is 1. The maximum absolute atomic E-state index is 12.1. The molecule has 0 radical (unpaired) electrons. The fourth-order valence-electron chi connectivity index (χ4n) is 2.90. The lowest BCUT2D eigenvalue weighted by Gasteiger charge is -2.19. The van der Waals surface area contributed by atoms with Gasteiger partial charge in [0.1, 0.15) is 17.1 Å². The Morgan fingerprint density at radius 1 is 0.800 bits per heavy atom. The molecule has 0 unspecified atom stereocenters. The molecule has 5 heteroatoms. The van der Waals surface area contributed by atoms with E-state index in [1.165, 1.54) is 9.79 Å². The van der Waals surface area contributed by atoms with Gasteiger partial charge in [-0.2, -0.15) is 0 Å². The number of methoxy groups -OCH3 is 1. The van der Waals surface area contributed by atoms with Gasteiger partial charge in [0.25, 0.3) is 0 Å². The predicted octanol–water partition coefficient (Wildman–Crippen LogP) is 5.51. The number of ether oxygens (including phenoxy) is 3. The first-order valence-corrected chi connectivity index (χ1v) is 11.0. The Hall–Kier alpha value is -2.92. The average molecular weight is 424 g/mol. The minimum Gasteiger partial charge on any atom is -0.496 e. The summed E-state index contributed by atoms with van der Waals surface area (Å²) in [6.07, 6.45) is 0. The van der Waals surface area contributed by atoms with Crippen LogP contribution in [-0.2, 0) is 20.4 Å². The van der Waals surface area contributed by atoms with Gasteiger partial charge >= 0.3 is 5.97 Å². The summed E-state index contributed by atoms with van der Waals surface area (Å²) in [5, 5.41) is 0. The highest BCUT2D eigenvalue weighted by molar-refractivity contribution is 7.97. The molecule has 0 bridgehead atoms. The molecule has 0 saturated heterocycles. The van der Waals surface area contributed by atoms with Crippen molar-refractivity contribution in [1.82, 2.24) is 0 Å². The summed E-state index contributed by atoms with van der Waals surface area (Å²) in [4.78, 5) is 15.5. The van der Waals surface area contributed by atoms with Crippen molar-refractivity contribution in [3.05, 3.63) is 78.9 Å². The predicted molar refractivity (Wildman–Crippen MR) is 119 cm³/mol. The molecule has 0 atom stereocenters. The third kappa shape index (κ3) is 6.04. The molecule has 3 aromatic carbocycles. The molecule has 0 N–H and O–H groups in total. The second-order valence-corrected chi connectivity index (χ2v) is 9.68. The van der Waals surface area contributed by atoms with Crippen LogP contribution < -0.4 is 9.47 Å². The Labute approximate surface area is 181 Å². The van der Waals surface area contributed by atoms with E-state index in [-0.39, 0.29) is 17.5 Å². The Morgan fingerprint density at radius 3 is 1.83 bits per heavy atom. The van der Waals surface area contributed by atoms with Gasteiger partial charge in [0, 0.05) is 18.2 Å². The monoisotopic (exact) mass is 423 g/mol. The maximum Gasteiger partial charge on any atom is 0.344 e. The van der Waals surface area contributed by atoms with Crippen LogP contribution in [0.5, 0.6) is 11.5 Å². The van der Waals surface area contributed by atoms with Crippen molar-refractivity contribution >= 4 is 16.9 Å². The van der Waals surface area contributed by atoms with Gasteiger partial charge in [0.2, 0.25) is 0 Å². The van der Waals surface area contributed by atoms with Gasteiger partial charge in [0.05, 0.1) is 18.0 Å². The topological polar surface area (TPSA) is 44.8 Å². The van der Waals surface area contributed by atoms with Crippen LogP contribution in [0.3, 0.4) is 0 Å². The van der Waals surface area contributed by atoms with E-state index < -0.39 is 11.6 Å². The van der Waals surface area contributed by atoms with Gasteiger partial charge < -0.3 is 14.2 Å². The molecule has 0 aliphatic carbocycles. The Balaban J connectivity index is 1.94. The number of hydrogen-bond donors (Lipinski definition) is 0. The van der Waals surface area contributed by atoms with E-state index in [9.17, 15) is 4.79 Å². The van der Waals surface area contributed by atoms with E-state index >= 15 is 0 Å². The summed E-state index contributed by atoms with van der Waals surface area (Å²) in [5.41, 5.74) is -0.549. The molecule has 0 aliphatic rings. The van der Waals surface area contributed by atoms with Gasteiger partial charge in [-0.25, -0.2) is 4.79 Å². The van der Waals surface area contributed by atoms with Crippen molar-refractivity contribution in [1.29, 1.82) is 0 Å². The second kappa shape index (κ2) is 9.72. The molecular formula is C25H27O4S+. The first kappa shape index (κ1) is 21.8. The van der Waals surface area contributed by atoms with Crippen LogP contribution >= 0.6 is 0 Å². The smallest absolute Gasteiger partial charge is 0.344 e. The van der Waals surface area contributed by atoms with Crippen molar-refractivity contribution in [2.45, 2.75) is 41.1 Å². The zero-order chi connectivity index (χ0) is 21.6. The number of carbonyl (C=O) groups excluding carboxylic acids is 1. The van der Waals surface area contributed by atoms with E-state index in [4.69, 9.17) is 14.2 Å². The Kier molecular flexibility index (Phi) is 7.06. The summed E-state index contributed by atoms with van der Waals surface area (Å²) in [7, 11) is 1.28. The van der Waals surface area contributed by atoms with Crippen LogP contribution in [0.1, 0.15) is 20.8 Å². The van der Waals surface area contributed by atoms with Gasteiger partial charge in [-0.1, -0.05) is 36.4 Å². The number of hydrogen-bond acceptors (Lipinski definition) is 4. The number of esters is 1. The minimum atomic E-state index is -0.549. The Bertz CT molecular complexity index is 926. The average Bonchev–Trinajstić information content (AvgIpc) is 2.73. The van der Waals surface area contributed by atoms with Crippen molar-refractivity contribution in [2.24, 2.45) is 0 Å². The second-order valence-electron chi connectivity index (χ2n) is 7.65. The van der Waals surface area contributed by atoms with Crippen LogP contribution in [0.15, 0.2) is 93.5 Å². The minimum absolute atomic E-state index is 0.158. The van der Waals surface area contributed by atoms with E-state index in [2.05, 4.69) is 24.3 Å². The van der Waals surface area contributed by atoms with E-state index in [0.29, 0.717) is 11.5 Å². The van der Waals surface area contributed by atoms with Gasteiger partial charge in [-0.05, 0) is 45.0 Å². The molecule has 4 nitrogen and oxygen atoms in total. The van der Waals surface area contributed by atoms with Gasteiger partial charge in [0.15, 0.2) is 21.3 Å². The summed E-state index contributed by atoms with van der Waals surface area (Å²) < 4.78 is 16.6. The zero-order valence-electron chi connectivity index (χ0n) is 17.8. The van der Waals surface area contributed by atoms with Crippen LogP contribution in [0.4, 0.5) is 0 Å². The lowest BCUT2D eigenvalue weighted by Crippen LogP contribution is -2.27. The van der Waals surface area contributed by atoms with Crippen LogP contribution in [0.2, 0.25) is 0 Å². The summed E-state index contributed by atoms with van der Waals surface area (Å²) in [6, 6.07) is 26.4.